The van der Waals surface area contributed by atoms with Crippen LogP contribution in [0.1, 0.15) is 33.1 Å². The molecule has 1 unspecified atom stereocenters. The van der Waals surface area contributed by atoms with Gasteiger partial charge < -0.3 is 0 Å². The van der Waals surface area contributed by atoms with Crippen molar-refractivity contribution in [1.29, 1.82) is 0 Å². The van der Waals surface area contributed by atoms with E-state index in [0.29, 0.717) is 6.61 Å². The minimum atomic E-state index is -3.15. The van der Waals surface area contributed by atoms with Gasteiger partial charge >= 0.3 is 178 Å². The fourth-order valence-corrected chi connectivity index (χ4v) is 14.3. The number of rotatable bonds is 9. The second kappa shape index (κ2) is 10.5. The van der Waals surface area contributed by atoms with Gasteiger partial charge in [-0.2, -0.15) is 0 Å². The van der Waals surface area contributed by atoms with Gasteiger partial charge in [-0.3, -0.25) is 0 Å². The predicted molar refractivity (Wildman–Crippen MR) is 124 cm³/mol. The number of carbonyl (C=O) groups is 1. The van der Waals surface area contributed by atoms with Crippen LogP contribution in [0.25, 0.3) is 0 Å². The number of esters is 1. The quantitative estimate of drug-likeness (QED) is 0.360. The molecule has 0 saturated carbocycles. The Kier molecular flexibility index (Phi) is 7.72. The van der Waals surface area contributed by atoms with E-state index in [2.05, 4.69) is 97.9 Å². The molecule has 0 saturated heterocycles. The van der Waals surface area contributed by atoms with Crippen LogP contribution >= 0.6 is 0 Å². The van der Waals surface area contributed by atoms with Gasteiger partial charge in [-0.25, -0.2) is 0 Å². The zero-order chi connectivity index (χ0) is 20.5. The molecule has 0 aliphatic heterocycles. The summed E-state index contributed by atoms with van der Waals surface area (Å²) in [7, 11) is 0. The van der Waals surface area contributed by atoms with Crippen LogP contribution in [-0.4, -0.2) is 26.1 Å². The second-order valence-corrected chi connectivity index (χ2v) is 14.7. The van der Waals surface area contributed by atoms with E-state index in [9.17, 15) is 4.79 Å². The summed E-state index contributed by atoms with van der Waals surface area (Å²) in [5.74, 6) is -0.0509. The van der Waals surface area contributed by atoms with Gasteiger partial charge in [0.15, 0.2) is 0 Å². The van der Waals surface area contributed by atoms with Crippen LogP contribution in [0, 0.1) is 0 Å². The predicted octanol–water partition coefficient (Wildman–Crippen LogP) is 4.28. The number of hydrogen-bond donors (Lipinski definition) is 0. The maximum absolute atomic E-state index is 13.4. The van der Waals surface area contributed by atoms with Gasteiger partial charge in [0.2, 0.25) is 0 Å². The minimum absolute atomic E-state index is 0.0509. The summed E-state index contributed by atoms with van der Waals surface area (Å²) in [5, 5.41) is 0. The van der Waals surface area contributed by atoms with Crippen molar-refractivity contribution in [3.63, 3.8) is 0 Å². The van der Waals surface area contributed by atoms with E-state index in [1.165, 1.54) is 13.1 Å². The van der Waals surface area contributed by atoms with Gasteiger partial charge in [0, 0.05) is 0 Å². The van der Waals surface area contributed by atoms with Gasteiger partial charge in [0.1, 0.15) is 0 Å². The molecule has 1 atom stereocenters. The SMILES string of the molecule is CCCCC(C(=O)OCC)[As+](c1ccccc1)(c1ccccc1)c1ccccc1. The van der Waals surface area contributed by atoms with E-state index in [-0.39, 0.29) is 10.7 Å². The molecule has 0 fully saturated rings. The molecule has 150 valence electrons. The first kappa shape index (κ1) is 21.4. The molecule has 0 aliphatic carbocycles. The average molecular weight is 449 g/mol. The summed E-state index contributed by atoms with van der Waals surface area (Å²) in [6.07, 6.45) is 2.92. The van der Waals surface area contributed by atoms with Gasteiger partial charge in [-0.15, -0.1) is 0 Å². The van der Waals surface area contributed by atoms with Crippen molar-refractivity contribution >= 4 is 32.6 Å². The van der Waals surface area contributed by atoms with Crippen molar-refractivity contribution in [3.8, 4) is 0 Å². The van der Waals surface area contributed by atoms with Gasteiger partial charge in [0.25, 0.3) is 0 Å². The van der Waals surface area contributed by atoms with Crippen LogP contribution in [0.2, 0.25) is 4.71 Å². The molecule has 0 bridgehead atoms. The van der Waals surface area contributed by atoms with Gasteiger partial charge in [-0.1, -0.05) is 0 Å². The van der Waals surface area contributed by atoms with E-state index < -0.39 is 13.6 Å². The first-order valence-corrected chi connectivity index (χ1v) is 14.4. The maximum atomic E-state index is 13.4. The monoisotopic (exact) mass is 449 g/mol. The Bertz CT molecular complexity index is 782. The Morgan fingerprint density at radius 3 is 1.52 bits per heavy atom. The molecule has 3 rings (SSSR count). The Morgan fingerprint density at radius 2 is 1.17 bits per heavy atom. The Morgan fingerprint density at radius 1 is 0.759 bits per heavy atom. The molecule has 3 heteroatoms. The zero-order valence-electron chi connectivity index (χ0n) is 17.3. The molecular formula is C26H30AsO2+. The van der Waals surface area contributed by atoms with Crippen molar-refractivity contribution in [3.05, 3.63) is 91.0 Å². The molecule has 0 aromatic heterocycles. The van der Waals surface area contributed by atoms with E-state index >= 15 is 0 Å². The summed E-state index contributed by atoms with van der Waals surface area (Å²) < 4.78 is 9.40. The summed E-state index contributed by atoms with van der Waals surface area (Å²) in [4.78, 5) is 13.4. The average Bonchev–Trinajstić information content (AvgIpc) is 2.78. The molecule has 0 radical (unpaired) electrons. The number of ether oxygens (including phenoxy) is 1. The fourth-order valence-electron chi connectivity index (χ4n) is 4.08. The van der Waals surface area contributed by atoms with Crippen LogP contribution < -0.4 is 13.1 Å². The molecule has 2 nitrogen and oxygen atoms in total. The van der Waals surface area contributed by atoms with E-state index in [1.54, 1.807) is 0 Å². The van der Waals surface area contributed by atoms with Crippen LogP contribution in [0.15, 0.2) is 91.0 Å². The van der Waals surface area contributed by atoms with Gasteiger partial charge in [-0.05, 0) is 0 Å². The van der Waals surface area contributed by atoms with Crippen molar-refractivity contribution in [2.24, 2.45) is 0 Å². The normalized spacial score (nSPS) is 12.3. The van der Waals surface area contributed by atoms with Crippen LogP contribution in [-0.2, 0) is 9.53 Å². The molecule has 0 N–H and O–H groups in total. The van der Waals surface area contributed by atoms with Crippen molar-refractivity contribution in [2.75, 3.05) is 6.61 Å². The first-order chi connectivity index (χ1) is 14.2. The van der Waals surface area contributed by atoms with Crippen molar-refractivity contribution in [2.45, 2.75) is 37.8 Å². The Labute approximate surface area is 177 Å². The first-order valence-electron chi connectivity index (χ1n) is 10.5. The molecule has 0 spiro atoms. The van der Waals surface area contributed by atoms with Crippen LogP contribution in [0.5, 0.6) is 0 Å². The summed E-state index contributed by atoms with van der Waals surface area (Å²) in [5.41, 5.74) is 0. The van der Waals surface area contributed by atoms with Crippen LogP contribution in [0.4, 0.5) is 0 Å². The third kappa shape index (κ3) is 4.49. The summed E-state index contributed by atoms with van der Waals surface area (Å²) in [6, 6.07) is 32.0. The topological polar surface area (TPSA) is 26.3 Å². The third-order valence-electron chi connectivity index (χ3n) is 5.35. The second-order valence-electron chi connectivity index (χ2n) is 7.14. The third-order valence-corrected chi connectivity index (χ3v) is 15.3. The standard InChI is InChI=1S/C26H30AsO2/c1-3-5-21-25(26(28)29-4-2)27(22-15-9-6-10-16-22,23-17-11-7-12-18-23)24-19-13-8-14-20-24/h6-20,25H,3-5,21H2,1-2H3/q+1. The Hall–Kier alpha value is -2.31. The molecule has 3 aromatic rings. The number of carbonyl (C=O) groups excluding carboxylic acids is 1. The van der Waals surface area contributed by atoms with E-state index in [0.717, 1.165) is 19.3 Å². The zero-order valence-corrected chi connectivity index (χ0v) is 19.2. The van der Waals surface area contributed by atoms with Crippen LogP contribution in [0.3, 0.4) is 0 Å². The molecule has 3 aromatic carbocycles. The van der Waals surface area contributed by atoms with Gasteiger partial charge in [0.05, 0.1) is 0 Å². The number of unbranched alkanes of at least 4 members (excludes halogenated alkanes) is 1. The molecule has 0 heterocycles. The molecule has 29 heavy (non-hydrogen) atoms. The number of hydrogen-bond acceptors (Lipinski definition) is 2. The van der Waals surface area contributed by atoms with Crippen molar-refractivity contribution in [1.82, 2.24) is 0 Å². The Balaban J connectivity index is 2.35. The summed E-state index contributed by atoms with van der Waals surface area (Å²) >= 11 is -3.15. The molecule has 0 aliphatic rings. The number of benzene rings is 3. The summed E-state index contributed by atoms with van der Waals surface area (Å²) in [6.45, 7) is 4.49. The van der Waals surface area contributed by atoms with Crippen molar-refractivity contribution < 1.29 is 9.53 Å². The molecule has 0 amide bonds. The van der Waals surface area contributed by atoms with E-state index in [4.69, 9.17) is 4.74 Å². The molecular weight excluding hydrogens is 419 g/mol. The fraction of sp³-hybridized carbons (Fsp3) is 0.269. The van der Waals surface area contributed by atoms with E-state index in [1.807, 2.05) is 6.92 Å².